The fraction of sp³-hybridized carbons (Fsp3) is 0.273. The van der Waals surface area contributed by atoms with Crippen LogP contribution < -0.4 is 0 Å². The molecule has 0 fully saturated rings. The summed E-state index contributed by atoms with van der Waals surface area (Å²) in [4.78, 5) is 0. The van der Waals surface area contributed by atoms with E-state index < -0.39 is 0 Å². The zero-order valence-electron chi connectivity index (χ0n) is 6.59. The topological polar surface area (TPSA) is 0 Å². The van der Waals surface area contributed by atoms with E-state index in [1.165, 1.54) is 0 Å². The molecule has 0 aromatic rings. The van der Waals surface area contributed by atoms with Crippen molar-refractivity contribution in [1.82, 2.24) is 0 Å². The van der Waals surface area contributed by atoms with E-state index in [9.17, 15) is 0 Å². The van der Waals surface area contributed by atoms with Crippen LogP contribution in [0.15, 0.2) is 24.3 Å². The molecular formula is C11H10. The van der Waals surface area contributed by atoms with E-state index >= 15 is 0 Å². The monoisotopic (exact) mass is 142 g/mol. The second kappa shape index (κ2) is 4.42. The molecule has 0 unspecified atom stereocenters. The summed E-state index contributed by atoms with van der Waals surface area (Å²) in [6.07, 6.45) is 9.29. The smallest absolute Gasteiger partial charge is 0.0197 e. The van der Waals surface area contributed by atoms with Crippen molar-refractivity contribution in [1.29, 1.82) is 0 Å². The Morgan fingerprint density at radius 2 is 1.91 bits per heavy atom. The zero-order valence-corrected chi connectivity index (χ0v) is 6.59. The molecule has 0 saturated heterocycles. The Morgan fingerprint density at radius 3 is 2.55 bits per heavy atom. The van der Waals surface area contributed by atoms with Crippen LogP contribution in [0.5, 0.6) is 0 Å². The Kier molecular flexibility index (Phi) is 3.10. The Balaban J connectivity index is 2.32. The Bertz CT molecular complexity index is 271. The maximum Gasteiger partial charge on any atom is 0.0197 e. The maximum absolute atomic E-state index is 3.00. The van der Waals surface area contributed by atoms with Gasteiger partial charge in [0.1, 0.15) is 0 Å². The highest BCUT2D eigenvalue weighted by molar-refractivity contribution is 5.27. The molecule has 0 spiro atoms. The van der Waals surface area contributed by atoms with Gasteiger partial charge in [0.05, 0.1) is 0 Å². The highest BCUT2D eigenvalue weighted by atomic mass is 14.0. The number of rotatable bonds is 1. The van der Waals surface area contributed by atoms with Crippen molar-refractivity contribution < 1.29 is 0 Å². The first kappa shape index (κ1) is 7.70. The molecule has 0 aliphatic heterocycles. The molecule has 0 atom stereocenters. The summed E-state index contributed by atoms with van der Waals surface area (Å²) in [6, 6.07) is 0. The van der Waals surface area contributed by atoms with Crippen LogP contribution in [0.4, 0.5) is 0 Å². The van der Waals surface area contributed by atoms with Gasteiger partial charge in [0, 0.05) is 12.3 Å². The Labute approximate surface area is 68.0 Å². The largest absolute Gasteiger partial charge is 0.0925 e. The highest BCUT2D eigenvalue weighted by Crippen LogP contribution is 2.11. The van der Waals surface area contributed by atoms with E-state index in [1.54, 1.807) is 6.92 Å². The standard InChI is InChI=1S/C11H10/c1-2-3-4-5-8-11-9-6-7-10-11/h6-7,9-11H,8H2,1H3. The van der Waals surface area contributed by atoms with Gasteiger partial charge >= 0.3 is 0 Å². The van der Waals surface area contributed by atoms with Crippen molar-refractivity contribution in [2.45, 2.75) is 13.3 Å². The van der Waals surface area contributed by atoms with Crippen LogP contribution in [0.1, 0.15) is 13.3 Å². The van der Waals surface area contributed by atoms with Crippen molar-refractivity contribution in [3.63, 3.8) is 0 Å². The van der Waals surface area contributed by atoms with E-state index in [0.29, 0.717) is 5.92 Å². The van der Waals surface area contributed by atoms with E-state index in [-0.39, 0.29) is 0 Å². The fourth-order valence-electron chi connectivity index (χ4n) is 0.890. The SMILES string of the molecule is CC#CC#CCC1C=CC=C1. The van der Waals surface area contributed by atoms with Crippen LogP contribution in [0, 0.1) is 29.6 Å². The van der Waals surface area contributed by atoms with Crippen molar-refractivity contribution in [2.75, 3.05) is 0 Å². The first-order chi connectivity index (χ1) is 5.43. The van der Waals surface area contributed by atoms with Gasteiger partial charge in [-0.2, -0.15) is 0 Å². The minimum absolute atomic E-state index is 0.515. The minimum Gasteiger partial charge on any atom is -0.0925 e. The lowest BCUT2D eigenvalue weighted by molar-refractivity contribution is 0.865. The predicted octanol–water partition coefficient (Wildman–Crippen LogP) is 2.15. The molecule has 54 valence electrons. The van der Waals surface area contributed by atoms with Gasteiger partial charge < -0.3 is 0 Å². The van der Waals surface area contributed by atoms with Gasteiger partial charge in [0.25, 0.3) is 0 Å². The van der Waals surface area contributed by atoms with Crippen molar-refractivity contribution in [3.8, 4) is 23.7 Å². The molecule has 1 aliphatic carbocycles. The van der Waals surface area contributed by atoms with Crippen molar-refractivity contribution >= 4 is 0 Å². The quantitative estimate of drug-likeness (QED) is 0.492. The third-order valence-corrected chi connectivity index (χ3v) is 1.44. The van der Waals surface area contributed by atoms with E-state index in [4.69, 9.17) is 0 Å². The van der Waals surface area contributed by atoms with Crippen LogP contribution in [0.3, 0.4) is 0 Å². The van der Waals surface area contributed by atoms with Crippen molar-refractivity contribution in [3.05, 3.63) is 24.3 Å². The second-order valence-electron chi connectivity index (χ2n) is 2.31. The highest BCUT2D eigenvalue weighted by Gasteiger charge is 1.98. The lowest BCUT2D eigenvalue weighted by atomic mass is 10.1. The van der Waals surface area contributed by atoms with Gasteiger partial charge in [-0.05, 0) is 18.8 Å². The molecule has 0 N–H and O–H groups in total. The Morgan fingerprint density at radius 1 is 1.18 bits per heavy atom. The van der Waals surface area contributed by atoms with Gasteiger partial charge in [-0.25, -0.2) is 0 Å². The summed E-state index contributed by atoms with van der Waals surface area (Å²) in [6.45, 7) is 1.80. The maximum atomic E-state index is 3.00. The van der Waals surface area contributed by atoms with Gasteiger partial charge in [0.2, 0.25) is 0 Å². The average molecular weight is 142 g/mol. The van der Waals surface area contributed by atoms with Gasteiger partial charge in [-0.1, -0.05) is 36.1 Å². The molecule has 0 bridgehead atoms. The summed E-state index contributed by atoms with van der Waals surface area (Å²) < 4.78 is 0. The van der Waals surface area contributed by atoms with E-state index in [1.807, 2.05) is 0 Å². The molecule has 0 heterocycles. The molecule has 1 aliphatic rings. The van der Waals surface area contributed by atoms with Gasteiger partial charge in [-0.3, -0.25) is 0 Å². The van der Waals surface area contributed by atoms with Crippen molar-refractivity contribution in [2.24, 2.45) is 5.92 Å². The van der Waals surface area contributed by atoms with Crippen LogP contribution >= 0.6 is 0 Å². The van der Waals surface area contributed by atoms with E-state index in [0.717, 1.165) is 6.42 Å². The molecule has 0 aromatic carbocycles. The number of hydrogen-bond donors (Lipinski definition) is 0. The molecule has 0 amide bonds. The molecule has 0 nitrogen and oxygen atoms in total. The molecule has 0 radical (unpaired) electrons. The molecule has 0 saturated carbocycles. The van der Waals surface area contributed by atoms with E-state index in [2.05, 4.69) is 48.0 Å². The van der Waals surface area contributed by atoms with Crippen LogP contribution in [-0.2, 0) is 0 Å². The normalized spacial score (nSPS) is 13.5. The van der Waals surface area contributed by atoms with Gasteiger partial charge in [0.15, 0.2) is 0 Å². The third-order valence-electron chi connectivity index (χ3n) is 1.44. The fourth-order valence-corrected chi connectivity index (χ4v) is 0.890. The Hall–Kier alpha value is -1.40. The number of hydrogen-bond acceptors (Lipinski definition) is 0. The number of allylic oxidation sites excluding steroid dienone is 4. The summed E-state index contributed by atoms with van der Waals surface area (Å²) in [7, 11) is 0. The zero-order chi connectivity index (χ0) is 7.94. The third kappa shape index (κ3) is 2.78. The van der Waals surface area contributed by atoms with Crippen LogP contribution in [-0.4, -0.2) is 0 Å². The predicted molar refractivity (Wildman–Crippen MR) is 47.6 cm³/mol. The van der Waals surface area contributed by atoms with Gasteiger partial charge in [-0.15, -0.1) is 0 Å². The first-order valence-electron chi connectivity index (χ1n) is 3.68. The second-order valence-corrected chi connectivity index (χ2v) is 2.31. The molecule has 1 rings (SSSR count). The van der Waals surface area contributed by atoms with Crippen LogP contribution in [0.25, 0.3) is 0 Å². The molecule has 0 heteroatoms. The minimum atomic E-state index is 0.515. The first-order valence-corrected chi connectivity index (χ1v) is 3.68. The summed E-state index contributed by atoms with van der Waals surface area (Å²) in [5.74, 6) is 11.7. The lowest BCUT2D eigenvalue weighted by Crippen LogP contribution is -1.84. The van der Waals surface area contributed by atoms with Crippen LogP contribution in [0.2, 0.25) is 0 Å². The average Bonchev–Trinajstić information content (AvgIpc) is 2.50. The summed E-state index contributed by atoms with van der Waals surface area (Å²) in [5, 5.41) is 0. The summed E-state index contributed by atoms with van der Waals surface area (Å²) >= 11 is 0. The summed E-state index contributed by atoms with van der Waals surface area (Å²) in [5.41, 5.74) is 0. The molecular weight excluding hydrogens is 132 g/mol. The molecule has 11 heavy (non-hydrogen) atoms. The lowest BCUT2D eigenvalue weighted by Gasteiger charge is -1.93. The molecule has 0 aromatic heterocycles.